The van der Waals surface area contributed by atoms with Gasteiger partial charge in [-0.2, -0.15) is 30.7 Å². The third-order valence-corrected chi connectivity index (χ3v) is 2.32. The highest BCUT2D eigenvalue weighted by molar-refractivity contribution is 5.40. The fraction of sp³-hybridized carbons (Fsp3) is 0.455. The molecule has 0 aliphatic rings. The SMILES string of the molecule is Nc1cccc(COCC(F)(F)C(F)(F)C(F)(F)F)c1. The van der Waals surface area contributed by atoms with Crippen molar-refractivity contribution in [1.29, 1.82) is 0 Å². The van der Waals surface area contributed by atoms with E-state index in [4.69, 9.17) is 5.73 Å². The molecule has 0 aliphatic carbocycles. The second-order valence-corrected chi connectivity index (χ2v) is 4.01. The van der Waals surface area contributed by atoms with Gasteiger partial charge in [-0.05, 0) is 17.7 Å². The summed E-state index contributed by atoms with van der Waals surface area (Å²) < 4.78 is 90.5. The first-order valence-electron chi connectivity index (χ1n) is 5.22. The van der Waals surface area contributed by atoms with Crippen LogP contribution in [0.4, 0.5) is 36.4 Å². The maximum absolute atomic E-state index is 12.9. The normalized spacial score (nSPS) is 13.6. The Morgan fingerprint density at radius 2 is 1.60 bits per heavy atom. The zero-order chi connectivity index (χ0) is 15.6. The van der Waals surface area contributed by atoms with Crippen molar-refractivity contribution in [1.82, 2.24) is 0 Å². The second-order valence-electron chi connectivity index (χ2n) is 4.01. The van der Waals surface area contributed by atoms with Crippen molar-refractivity contribution in [3.05, 3.63) is 29.8 Å². The molecule has 1 rings (SSSR count). The van der Waals surface area contributed by atoms with Gasteiger partial charge in [0.25, 0.3) is 0 Å². The van der Waals surface area contributed by atoms with Gasteiger partial charge in [-0.15, -0.1) is 0 Å². The monoisotopic (exact) mass is 305 g/mol. The number of rotatable bonds is 5. The van der Waals surface area contributed by atoms with Crippen molar-refractivity contribution < 1.29 is 35.5 Å². The molecule has 2 N–H and O–H groups in total. The van der Waals surface area contributed by atoms with E-state index in [1.54, 1.807) is 0 Å². The van der Waals surface area contributed by atoms with Gasteiger partial charge in [-0.3, -0.25) is 0 Å². The number of benzene rings is 1. The quantitative estimate of drug-likeness (QED) is 0.666. The lowest BCUT2D eigenvalue weighted by Gasteiger charge is -2.27. The third-order valence-electron chi connectivity index (χ3n) is 2.32. The van der Waals surface area contributed by atoms with E-state index in [-0.39, 0.29) is 11.3 Å². The van der Waals surface area contributed by atoms with Crippen LogP contribution in [0.1, 0.15) is 5.56 Å². The Kier molecular flexibility index (Phi) is 4.52. The highest BCUT2D eigenvalue weighted by Gasteiger charge is 2.72. The van der Waals surface area contributed by atoms with E-state index in [1.165, 1.54) is 24.3 Å². The Bertz CT molecular complexity index is 458. The molecule has 9 heteroatoms. The van der Waals surface area contributed by atoms with Gasteiger partial charge in [0.05, 0.1) is 6.61 Å². The molecule has 0 aromatic heterocycles. The highest BCUT2D eigenvalue weighted by atomic mass is 19.4. The fourth-order valence-electron chi connectivity index (χ4n) is 1.28. The summed E-state index contributed by atoms with van der Waals surface area (Å²) in [7, 11) is 0. The summed E-state index contributed by atoms with van der Waals surface area (Å²) in [5, 5.41) is 0. The molecule has 0 atom stereocenters. The minimum atomic E-state index is -6.35. The predicted molar refractivity (Wildman–Crippen MR) is 56.5 cm³/mol. The Morgan fingerprint density at radius 3 is 2.10 bits per heavy atom. The average Bonchev–Trinajstić information content (AvgIpc) is 2.27. The van der Waals surface area contributed by atoms with Gasteiger partial charge in [0.15, 0.2) is 0 Å². The molecule has 0 spiro atoms. The number of ether oxygens (including phenoxy) is 1. The van der Waals surface area contributed by atoms with E-state index in [1.807, 2.05) is 0 Å². The van der Waals surface area contributed by atoms with Gasteiger partial charge in [-0.1, -0.05) is 12.1 Å². The molecule has 0 fully saturated rings. The molecule has 0 bridgehead atoms. The lowest BCUT2D eigenvalue weighted by atomic mass is 10.1. The molecule has 2 nitrogen and oxygen atoms in total. The summed E-state index contributed by atoms with van der Waals surface area (Å²) >= 11 is 0. The Morgan fingerprint density at radius 1 is 1.00 bits per heavy atom. The molecule has 20 heavy (non-hydrogen) atoms. The Labute approximate surface area is 109 Å². The first-order valence-corrected chi connectivity index (χ1v) is 5.22. The number of nitrogens with two attached hydrogens (primary N) is 1. The van der Waals surface area contributed by atoms with E-state index in [2.05, 4.69) is 4.74 Å². The molecular weight excluding hydrogens is 295 g/mol. The van der Waals surface area contributed by atoms with E-state index < -0.39 is 31.2 Å². The molecule has 0 aliphatic heterocycles. The molecule has 0 unspecified atom stereocenters. The van der Waals surface area contributed by atoms with Crippen LogP contribution in [0.25, 0.3) is 0 Å². The molecule has 0 amide bonds. The van der Waals surface area contributed by atoms with Gasteiger partial charge in [0.2, 0.25) is 0 Å². The number of hydrogen-bond acceptors (Lipinski definition) is 2. The van der Waals surface area contributed by atoms with Crippen LogP contribution in [0.2, 0.25) is 0 Å². The maximum atomic E-state index is 12.9. The van der Waals surface area contributed by atoms with E-state index in [0.717, 1.165) is 0 Å². The number of nitrogen functional groups attached to an aromatic ring is 1. The Balaban J connectivity index is 2.64. The van der Waals surface area contributed by atoms with Crippen molar-refractivity contribution >= 4 is 5.69 Å². The molecule has 0 saturated carbocycles. The van der Waals surface area contributed by atoms with Crippen molar-refractivity contribution in [3.8, 4) is 0 Å². The van der Waals surface area contributed by atoms with Gasteiger partial charge in [0.1, 0.15) is 6.61 Å². The topological polar surface area (TPSA) is 35.2 Å². The molecule has 0 saturated heterocycles. The van der Waals surface area contributed by atoms with Crippen LogP contribution in [-0.2, 0) is 11.3 Å². The summed E-state index contributed by atoms with van der Waals surface area (Å²) in [6.45, 7) is -2.62. The molecule has 114 valence electrons. The molecular formula is C11H10F7NO. The van der Waals surface area contributed by atoms with Gasteiger partial charge >= 0.3 is 18.0 Å². The fourth-order valence-corrected chi connectivity index (χ4v) is 1.28. The summed E-state index contributed by atoms with van der Waals surface area (Å²) in [5.41, 5.74) is 5.92. The molecule has 0 radical (unpaired) electrons. The van der Waals surface area contributed by atoms with Crippen molar-refractivity contribution in [2.45, 2.75) is 24.6 Å². The maximum Gasteiger partial charge on any atom is 0.459 e. The first kappa shape index (κ1) is 16.5. The number of halogens is 7. The van der Waals surface area contributed by atoms with E-state index >= 15 is 0 Å². The van der Waals surface area contributed by atoms with Crippen LogP contribution in [0.3, 0.4) is 0 Å². The van der Waals surface area contributed by atoms with Crippen molar-refractivity contribution in [2.75, 3.05) is 12.3 Å². The highest BCUT2D eigenvalue weighted by Crippen LogP contribution is 2.46. The summed E-state index contributed by atoms with van der Waals surface area (Å²) in [4.78, 5) is 0. The third kappa shape index (κ3) is 3.53. The summed E-state index contributed by atoms with van der Waals surface area (Å²) in [5.74, 6) is -11.5. The minimum absolute atomic E-state index is 0.274. The van der Waals surface area contributed by atoms with Crippen LogP contribution in [-0.4, -0.2) is 24.6 Å². The lowest BCUT2D eigenvalue weighted by Crippen LogP contribution is -2.54. The van der Waals surface area contributed by atoms with E-state index in [9.17, 15) is 30.7 Å². The molecule has 1 aromatic rings. The largest absolute Gasteiger partial charge is 0.459 e. The number of hydrogen-bond donors (Lipinski definition) is 1. The number of alkyl halides is 7. The van der Waals surface area contributed by atoms with Crippen LogP contribution >= 0.6 is 0 Å². The number of anilines is 1. The standard InChI is InChI=1S/C11H10F7NO/c12-9(13,10(14,15)11(16,17)18)6-20-5-7-2-1-3-8(19)4-7/h1-4H,5-6,19H2. The van der Waals surface area contributed by atoms with E-state index in [0.29, 0.717) is 0 Å². The summed E-state index contributed by atoms with van der Waals surface area (Å²) in [6.07, 6.45) is -6.35. The smallest absolute Gasteiger partial charge is 0.399 e. The van der Waals surface area contributed by atoms with Crippen LogP contribution < -0.4 is 5.73 Å². The zero-order valence-electron chi connectivity index (χ0n) is 9.85. The molecule has 1 aromatic carbocycles. The van der Waals surface area contributed by atoms with Crippen LogP contribution in [0.5, 0.6) is 0 Å². The van der Waals surface area contributed by atoms with Crippen LogP contribution in [0.15, 0.2) is 24.3 Å². The second kappa shape index (κ2) is 5.47. The van der Waals surface area contributed by atoms with Crippen molar-refractivity contribution in [2.24, 2.45) is 0 Å². The molecule has 0 heterocycles. The van der Waals surface area contributed by atoms with Gasteiger partial charge < -0.3 is 10.5 Å². The van der Waals surface area contributed by atoms with Crippen LogP contribution in [0, 0.1) is 0 Å². The Hall–Kier alpha value is -1.51. The average molecular weight is 305 g/mol. The van der Waals surface area contributed by atoms with Crippen molar-refractivity contribution in [3.63, 3.8) is 0 Å². The minimum Gasteiger partial charge on any atom is -0.399 e. The predicted octanol–water partition coefficient (Wildman–Crippen LogP) is 3.62. The summed E-state index contributed by atoms with van der Waals surface area (Å²) in [6, 6.07) is 5.66. The first-order chi connectivity index (χ1) is 8.97. The van der Waals surface area contributed by atoms with Gasteiger partial charge in [0, 0.05) is 5.69 Å². The zero-order valence-corrected chi connectivity index (χ0v) is 9.85. The van der Waals surface area contributed by atoms with Gasteiger partial charge in [-0.25, -0.2) is 0 Å². The lowest BCUT2D eigenvalue weighted by molar-refractivity contribution is -0.361.